The van der Waals surface area contributed by atoms with Crippen molar-refractivity contribution in [1.82, 2.24) is 9.80 Å². The van der Waals surface area contributed by atoms with Gasteiger partial charge in [0, 0.05) is 18.4 Å². The van der Waals surface area contributed by atoms with Gasteiger partial charge in [0.25, 0.3) is 23.6 Å². The molecular formula is C42H46N2O10. The summed E-state index contributed by atoms with van der Waals surface area (Å²) in [6, 6.07) is 25.9. The number of carbonyl (C=O) groups is 5. The molecule has 0 spiro atoms. The largest absolute Gasteiger partial charge is 0.497 e. The monoisotopic (exact) mass is 738 g/mol. The summed E-state index contributed by atoms with van der Waals surface area (Å²) in [6.07, 6.45) is -0.870. The molecule has 284 valence electrons. The lowest BCUT2D eigenvalue weighted by Gasteiger charge is -2.31. The van der Waals surface area contributed by atoms with E-state index in [1.165, 1.54) is 11.8 Å². The average molecular weight is 739 g/mol. The van der Waals surface area contributed by atoms with E-state index in [1.807, 2.05) is 44.2 Å². The summed E-state index contributed by atoms with van der Waals surface area (Å²) in [6.45, 7) is 8.79. The fourth-order valence-electron chi connectivity index (χ4n) is 6.14. The van der Waals surface area contributed by atoms with Gasteiger partial charge in [-0.15, -0.1) is 0 Å². The van der Waals surface area contributed by atoms with Gasteiger partial charge >= 0.3 is 5.97 Å². The number of fused-ring (bicyclic) bond motifs is 2. The van der Waals surface area contributed by atoms with E-state index in [2.05, 4.69) is 0 Å². The summed E-state index contributed by atoms with van der Waals surface area (Å²) in [5, 5.41) is 0. The van der Waals surface area contributed by atoms with Crippen LogP contribution in [0.25, 0.3) is 0 Å². The van der Waals surface area contributed by atoms with E-state index in [0.717, 1.165) is 22.0 Å². The first-order chi connectivity index (χ1) is 25.8. The molecule has 0 fully saturated rings. The number of benzene rings is 4. The van der Waals surface area contributed by atoms with E-state index >= 15 is 0 Å². The molecule has 54 heavy (non-hydrogen) atoms. The van der Waals surface area contributed by atoms with Gasteiger partial charge in [0.2, 0.25) is 0 Å². The smallest absolute Gasteiger partial charge is 0.304 e. The van der Waals surface area contributed by atoms with Gasteiger partial charge in [0.1, 0.15) is 23.0 Å². The molecule has 0 radical (unpaired) electrons. The minimum atomic E-state index is -0.870. The van der Waals surface area contributed by atoms with Gasteiger partial charge in [-0.1, -0.05) is 52.0 Å². The van der Waals surface area contributed by atoms with Crippen LogP contribution < -0.4 is 18.9 Å². The first-order valence-corrected chi connectivity index (χ1v) is 17.3. The molecule has 0 aromatic heterocycles. The summed E-state index contributed by atoms with van der Waals surface area (Å²) in [5.74, 6) is 0.898. The van der Waals surface area contributed by atoms with Gasteiger partial charge in [-0.05, 0) is 72.6 Å². The van der Waals surface area contributed by atoms with Crippen molar-refractivity contribution in [2.24, 2.45) is 11.8 Å². The first-order valence-electron chi connectivity index (χ1n) is 17.3. The number of imide groups is 2. The van der Waals surface area contributed by atoms with Crippen LogP contribution in [-0.4, -0.2) is 74.1 Å². The van der Waals surface area contributed by atoms with Crippen molar-refractivity contribution in [3.05, 3.63) is 119 Å². The van der Waals surface area contributed by atoms with Gasteiger partial charge in [-0.25, -0.2) is 4.90 Å². The van der Waals surface area contributed by atoms with Gasteiger partial charge < -0.3 is 23.7 Å². The molecular weight excluding hydrogens is 692 g/mol. The molecule has 0 saturated heterocycles. The Labute approximate surface area is 315 Å². The van der Waals surface area contributed by atoms with E-state index in [9.17, 15) is 24.0 Å². The molecule has 2 atom stereocenters. The second kappa shape index (κ2) is 18.0. The van der Waals surface area contributed by atoms with Crippen LogP contribution in [0, 0.1) is 11.8 Å². The van der Waals surface area contributed by atoms with Crippen LogP contribution in [0.5, 0.6) is 23.0 Å². The SMILES string of the molecule is CC(=O)OC(C(C)C)N1C(=O)c2ccccc2C1=O.COc1ccc(OC)c(C(C(C)C)N2C(=O)c3ccccc3C2=O)c1.COc1ccc(OC)cc1. The molecule has 4 aromatic rings. The maximum atomic E-state index is 12.9. The summed E-state index contributed by atoms with van der Waals surface area (Å²) in [7, 11) is 6.44. The number of amides is 4. The second-order valence-electron chi connectivity index (χ2n) is 13.0. The van der Waals surface area contributed by atoms with Crippen LogP contribution in [0.15, 0.2) is 91.0 Å². The molecule has 2 heterocycles. The number of ether oxygens (including phenoxy) is 5. The number of carbonyl (C=O) groups excluding carboxylic acids is 5. The Kier molecular flexibility index (Phi) is 13.6. The molecule has 2 aliphatic rings. The minimum Gasteiger partial charge on any atom is -0.497 e. The number of hydrogen-bond donors (Lipinski definition) is 0. The molecule has 0 bridgehead atoms. The van der Waals surface area contributed by atoms with Gasteiger partial charge in [-0.3, -0.25) is 28.9 Å². The summed E-state index contributed by atoms with van der Waals surface area (Å²) in [4.78, 5) is 63.8. The molecule has 0 aliphatic carbocycles. The van der Waals surface area contributed by atoms with Crippen LogP contribution in [-0.2, 0) is 9.53 Å². The zero-order valence-electron chi connectivity index (χ0n) is 31.9. The molecule has 12 nitrogen and oxygen atoms in total. The van der Waals surface area contributed by atoms with E-state index < -0.39 is 30.1 Å². The van der Waals surface area contributed by atoms with Gasteiger partial charge in [0.15, 0.2) is 6.23 Å². The van der Waals surface area contributed by atoms with Crippen molar-refractivity contribution in [3.8, 4) is 23.0 Å². The van der Waals surface area contributed by atoms with E-state index in [4.69, 9.17) is 23.7 Å². The Balaban J connectivity index is 0.000000197. The van der Waals surface area contributed by atoms with E-state index in [0.29, 0.717) is 33.8 Å². The van der Waals surface area contributed by atoms with Crippen LogP contribution in [0.4, 0.5) is 0 Å². The third-order valence-corrected chi connectivity index (χ3v) is 8.72. The van der Waals surface area contributed by atoms with E-state index in [1.54, 1.807) is 103 Å². The fraction of sp³-hybridized carbons (Fsp3) is 0.310. The van der Waals surface area contributed by atoms with Crippen molar-refractivity contribution in [2.75, 3.05) is 28.4 Å². The van der Waals surface area contributed by atoms with Crippen molar-refractivity contribution >= 4 is 29.6 Å². The standard InChI is InChI=1S/C20H21NO4.C14H15NO4.C8H10O2/c1-12(2)18(16-11-13(24-3)9-10-17(16)25-4)21-19(22)14-7-5-6-8-15(14)20(21)23;1-8(2)14(19-9(3)16)15-12(17)10-6-4-5-7-11(10)13(15)18;1-9-7-3-5-8(10-2)6-4-7/h5-12,18H,1-4H3;4-8,14H,1-3H3;3-6H,1-2H3. The molecule has 0 saturated carbocycles. The minimum absolute atomic E-state index is 0.00298. The third-order valence-electron chi connectivity index (χ3n) is 8.72. The second-order valence-corrected chi connectivity index (χ2v) is 13.0. The molecule has 2 unspecified atom stereocenters. The van der Waals surface area contributed by atoms with Gasteiger partial charge in [0.05, 0.1) is 56.7 Å². The Hall–Kier alpha value is -6.17. The van der Waals surface area contributed by atoms with Crippen molar-refractivity contribution < 1.29 is 47.7 Å². The highest BCUT2D eigenvalue weighted by Gasteiger charge is 2.43. The molecule has 4 aromatic carbocycles. The van der Waals surface area contributed by atoms with Crippen molar-refractivity contribution in [2.45, 2.75) is 46.9 Å². The first kappa shape index (κ1) is 40.6. The van der Waals surface area contributed by atoms with Crippen molar-refractivity contribution in [3.63, 3.8) is 0 Å². The Bertz CT molecular complexity index is 1900. The summed E-state index contributed by atoms with van der Waals surface area (Å²) >= 11 is 0. The average Bonchev–Trinajstić information content (AvgIpc) is 3.58. The molecule has 6 rings (SSSR count). The lowest BCUT2D eigenvalue weighted by atomic mass is 9.93. The quantitative estimate of drug-likeness (QED) is 0.121. The van der Waals surface area contributed by atoms with Gasteiger partial charge in [-0.2, -0.15) is 0 Å². The Morgan fingerprint density at radius 1 is 0.519 bits per heavy atom. The zero-order valence-corrected chi connectivity index (χ0v) is 31.9. The van der Waals surface area contributed by atoms with Crippen LogP contribution in [0.2, 0.25) is 0 Å². The molecule has 0 N–H and O–H groups in total. The zero-order chi connectivity index (χ0) is 39.7. The van der Waals surface area contributed by atoms with Crippen LogP contribution in [0.3, 0.4) is 0 Å². The van der Waals surface area contributed by atoms with E-state index in [-0.39, 0.29) is 23.7 Å². The number of methoxy groups -OCH3 is 4. The number of esters is 1. The lowest BCUT2D eigenvalue weighted by molar-refractivity contribution is -0.155. The predicted octanol–water partition coefficient (Wildman–Crippen LogP) is 7.23. The molecule has 12 heteroatoms. The normalized spacial score (nSPS) is 14.0. The maximum absolute atomic E-state index is 12.9. The predicted molar refractivity (Wildman–Crippen MR) is 201 cm³/mol. The maximum Gasteiger partial charge on any atom is 0.304 e. The number of nitrogens with zero attached hydrogens (tertiary/aromatic N) is 2. The Morgan fingerprint density at radius 2 is 0.907 bits per heavy atom. The summed E-state index contributed by atoms with van der Waals surface area (Å²) < 4.78 is 25.8. The summed E-state index contributed by atoms with van der Waals surface area (Å²) in [5.41, 5.74) is 2.35. The number of hydrogen-bond acceptors (Lipinski definition) is 10. The molecule has 4 amide bonds. The highest BCUT2D eigenvalue weighted by Crippen LogP contribution is 2.41. The number of rotatable bonds is 10. The topological polar surface area (TPSA) is 138 Å². The van der Waals surface area contributed by atoms with Crippen LogP contribution in [0.1, 0.15) is 87.7 Å². The fourth-order valence-corrected chi connectivity index (χ4v) is 6.14. The highest BCUT2D eigenvalue weighted by molar-refractivity contribution is 6.22. The Morgan fingerprint density at radius 3 is 1.24 bits per heavy atom. The molecule has 2 aliphatic heterocycles. The third kappa shape index (κ3) is 8.71. The lowest BCUT2D eigenvalue weighted by Crippen LogP contribution is -2.45. The van der Waals surface area contributed by atoms with Crippen molar-refractivity contribution in [1.29, 1.82) is 0 Å². The highest BCUT2D eigenvalue weighted by atomic mass is 16.6. The van der Waals surface area contributed by atoms with Crippen LogP contribution >= 0.6 is 0 Å².